The van der Waals surface area contributed by atoms with Gasteiger partial charge in [0.2, 0.25) is 10.0 Å². The molecule has 3 N–H and O–H groups in total. The van der Waals surface area contributed by atoms with Crippen molar-refractivity contribution in [3.63, 3.8) is 0 Å². The van der Waals surface area contributed by atoms with E-state index in [-0.39, 0.29) is 40.6 Å². The maximum atomic E-state index is 13.7. The Kier molecular flexibility index (Phi) is 7.40. The van der Waals surface area contributed by atoms with Gasteiger partial charge in [-0.1, -0.05) is 11.6 Å². The number of carbonyl (C=O) groups is 1. The Morgan fingerprint density at radius 3 is 2.16 bits per heavy atom. The topological polar surface area (TPSA) is 130 Å². The van der Waals surface area contributed by atoms with Crippen molar-refractivity contribution in [2.75, 3.05) is 18.1 Å². The molecule has 1 amide bonds. The van der Waals surface area contributed by atoms with Gasteiger partial charge in [0, 0.05) is 29.9 Å². The molecule has 0 aliphatic heterocycles. The first kappa shape index (κ1) is 27.8. The van der Waals surface area contributed by atoms with Crippen molar-refractivity contribution in [2.24, 2.45) is 11.8 Å². The molecule has 202 valence electrons. The van der Waals surface area contributed by atoms with Gasteiger partial charge in [-0.05, 0) is 55.7 Å². The Balaban J connectivity index is 1.58. The molecule has 0 aromatic heterocycles. The number of hydrogen-bond acceptors (Lipinski definition) is 6. The lowest BCUT2D eigenvalue weighted by Gasteiger charge is -2.40. The van der Waals surface area contributed by atoms with E-state index >= 15 is 0 Å². The van der Waals surface area contributed by atoms with Crippen LogP contribution in [-0.2, 0) is 19.9 Å². The highest BCUT2D eigenvalue weighted by atomic mass is 35.5. The Labute approximate surface area is 217 Å². The van der Waals surface area contributed by atoms with Crippen molar-refractivity contribution in [3.05, 3.63) is 58.4 Å². The molecule has 4 rings (SSSR count). The average molecular weight is 581 g/mol. The predicted octanol–water partition coefficient (Wildman–Crippen LogP) is 3.25. The minimum atomic E-state index is -4.10. The molecule has 2 saturated carbocycles. The van der Waals surface area contributed by atoms with Crippen LogP contribution in [0.25, 0.3) is 0 Å². The van der Waals surface area contributed by atoms with Gasteiger partial charge >= 0.3 is 0 Å². The van der Waals surface area contributed by atoms with Crippen LogP contribution >= 0.6 is 11.6 Å². The second-order valence-electron chi connectivity index (χ2n) is 9.69. The van der Waals surface area contributed by atoms with Gasteiger partial charge in [-0.3, -0.25) is 4.79 Å². The number of sulfonamides is 1. The molecule has 2 aliphatic carbocycles. The normalized spacial score (nSPS) is 25.7. The molecule has 14 heteroatoms. The van der Waals surface area contributed by atoms with E-state index in [1.165, 1.54) is 12.1 Å². The molecule has 0 saturated heterocycles. The van der Waals surface area contributed by atoms with Crippen molar-refractivity contribution >= 4 is 43.1 Å². The summed E-state index contributed by atoms with van der Waals surface area (Å²) < 4.78 is 92.8. The van der Waals surface area contributed by atoms with Crippen molar-refractivity contribution in [1.29, 1.82) is 0 Å². The van der Waals surface area contributed by atoms with Crippen LogP contribution in [0.5, 0.6) is 0 Å². The SMILES string of the molecule is CS(=O)(=O)NC[C@]1(O)CC2CCC(C1)[C@@H]2S(=O)(=O)c1cc(C(=O)Nc2cc(F)c(F)c(F)c2)ccc1Cl. The van der Waals surface area contributed by atoms with Gasteiger partial charge in [-0.2, -0.15) is 0 Å². The Morgan fingerprint density at radius 2 is 1.62 bits per heavy atom. The average Bonchev–Trinajstić information content (AvgIpc) is 3.09. The van der Waals surface area contributed by atoms with Crippen LogP contribution in [0.2, 0.25) is 5.02 Å². The Bertz CT molecular complexity index is 1430. The van der Waals surface area contributed by atoms with Gasteiger partial charge in [-0.15, -0.1) is 0 Å². The van der Waals surface area contributed by atoms with Crippen LogP contribution in [-0.4, -0.2) is 51.5 Å². The summed E-state index contributed by atoms with van der Waals surface area (Å²) in [5, 5.41) is 12.1. The maximum Gasteiger partial charge on any atom is 0.255 e. The summed E-state index contributed by atoms with van der Waals surface area (Å²) in [6.45, 7) is -0.230. The van der Waals surface area contributed by atoms with Crippen LogP contribution in [0.3, 0.4) is 0 Å². The molecule has 2 aliphatic rings. The largest absolute Gasteiger partial charge is 0.389 e. The fourth-order valence-corrected chi connectivity index (χ4v) is 8.77. The van der Waals surface area contributed by atoms with Gasteiger partial charge < -0.3 is 10.4 Å². The number of aliphatic hydroxyl groups is 1. The van der Waals surface area contributed by atoms with Gasteiger partial charge in [0.25, 0.3) is 5.91 Å². The minimum Gasteiger partial charge on any atom is -0.389 e. The molecule has 2 atom stereocenters. The summed E-state index contributed by atoms with van der Waals surface area (Å²) >= 11 is 6.22. The van der Waals surface area contributed by atoms with Crippen LogP contribution in [0.15, 0.2) is 35.2 Å². The first-order valence-corrected chi connectivity index (χ1v) is 15.1. The number of benzene rings is 2. The second-order valence-corrected chi connectivity index (χ2v) is 14.0. The van der Waals surface area contributed by atoms with Gasteiger partial charge in [0.15, 0.2) is 27.3 Å². The summed E-state index contributed by atoms with van der Waals surface area (Å²) in [6.07, 6.45) is 2.12. The molecule has 2 bridgehead atoms. The molecule has 37 heavy (non-hydrogen) atoms. The number of halogens is 4. The third-order valence-corrected chi connectivity index (χ3v) is 10.4. The van der Waals surface area contributed by atoms with Crippen LogP contribution in [0, 0.1) is 29.3 Å². The number of fused-ring (bicyclic) bond motifs is 2. The van der Waals surface area contributed by atoms with E-state index < -0.39 is 65.9 Å². The molecule has 2 aromatic carbocycles. The van der Waals surface area contributed by atoms with Gasteiger partial charge in [0.05, 0.1) is 27.0 Å². The van der Waals surface area contributed by atoms with E-state index in [0.717, 1.165) is 12.3 Å². The first-order chi connectivity index (χ1) is 17.1. The number of hydrogen-bond donors (Lipinski definition) is 3. The molecule has 0 heterocycles. The molecule has 0 radical (unpaired) electrons. The van der Waals surface area contributed by atoms with Crippen LogP contribution in [0.1, 0.15) is 36.0 Å². The quantitative estimate of drug-likeness (QED) is 0.431. The molecule has 0 spiro atoms. The van der Waals surface area contributed by atoms with E-state index in [2.05, 4.69) is 10.0 Å². The summed E-state index contributed by atoms with van der Waals surface area (Å²) in [4.78, 5) is 12.4. The Morgan fingerprint density at radius 1 is 1.05 bits per heavy atom. The number of sulfone groups is 1. The highest BCUT2D eigenvalue weighted by molar-refractivity contribution is 7.92. The van der Waals surface area contributed by atoms with E-state index in [0.29, 0.717) is 25.0 Å². The standard InChI is InChI=1S/C23H24ClF3N2O6S2/c1-36(32,33)28-11-23(31)9-13-2-3-14(10-23)21(13)37(34,35)19-6-12(4-5-16(19)24)22(30)29-15-7-17(25)20(27)18(26)8-15/h4-8,13-14,21,28,31H,2-3,9-11H2,1H3,(H,29,30)/t13?,14?,21-,23+. The van der Waals surface area contributed by atoms with E-state index in [9.17, 15) is 39.9 Å². The number of nitrogens with one attached hydrogen (secondary N) is 2. The molecular formula is C23H24ClF3N2O6S2. The first-order valence-electron chi connectivity index (χ1n) is 11.3. The molecule has 2 unspecified atom stereocenters. The zero-order valence-corrected chi connectivity index (χ0v) is 21.9. The fraction of sp³-hybridized carbons (Fsp3) is 0.435. The highest BCUT2D eigenvalue weighted by Gasteiger charge is 2.54. The van der Waals surface area contributed by atoms with Gasteiger partial charge in [0.1, 0.15) is 0 Å². The van der Waals surface area contributed by atoms with Crippen LogP contribution < -0.4 is 10.0 Å². The second kappa shape index (κ2) is 9.84. The summed E-state index contributed by atoms with van der Waals surface area (Å²) in [7, 11) is -7.65. The molecule has 8 nitrogen and oxygen atoms in total. The maximum absolute atomic E-state index is 13.7. The fourth-order valence-electron chi connectivity index (χ4n) is 5.39. The Hall–Kier alpha value is -2.19. The summed E-state index contributed by atoms with van der Waals surface area (Å²) in [5.74, 6) is -6.53. The molecule has 2 fully saturated rings. The highest BCUT2D eigenvalue weighted by Crippen LogP contribution is 2.51. The molecular weight excluding hydrogens is 557 g/mol. The number of amides is 1. The van der Waals surface area contributed by atoms with Crippen molar-refractivity contribution in [1.82, 2.24) is 4.72 Å². The number of rotatable bonds is 7. The third-order valence-electron chi connectivity index (χ3n) is 6.89. The predicted molar refractivity (Wildman–Crippen MR) is 130 cm³/mol. The lowest BCUT2D eigenvalue weighted by Crippen LogP contribution is -2.51. The van der Waals surface area contributed by atoms with Crippen LogP contribution in [0.4, 0.5) is 18.9 Å². The van der Waals surface area contributed by atoms with E-state index in [1.54, 1.807) is 0 Å². The van der Waals surface area contributed by atoms with Crippen molar-refractivity contribution in [2.45, 2.75) is 41.4 Å². The van der Waals surface area contributed by atoms with Crippen molar-refractivity contribution < 1.29 is 39.9 Å². The molecule has 2 aromatic rings. The van der Waals surface area contributed by atoms with Gasteiger partial charge in [-0.25, -0.2) is 34.7 Å². The number of anilines is 1. The summed E-state index contributed by atoms with van der Waals surface area (Å²) in [5.41, 5.74) is -1.93. The summed E-state index contributed by atoms with van der Waals surface area (Å²) in [6, 6.07) is 4.69. The zero-order chi connectivity index (χ0) is 27.3. The van der Waals surface area contributed by atoms with E-state index in [1.807, 2.05) is 0 Å². The number of carbonyl (C=O) groups excluding carboxylic acids is 1. The van der Waals surface area contributed by atoms with E-state index in [4.69, 9.17) is 11.6 Å². The minimum absolute atomic E-state index is 0.0649. The monoisotopic (exact) mass is 580 g/mol. The van der Waals surface area contributed by atoms with Crippen molar-refractivity contribution in [3.8, 4) is 0 Å². The smallest absolute Gasteiger partial charge is 0.255 e. The third kappa shape index (κ3) is 5.80. The lowest BCUT2D eigenvalue weighted by atomic mass is 9.77. The zero-order valence-electron chi connectivity index (χ0n) is 19.5. The lowest BCUT2D eigenvalue weighted by molar-refractivity contribution is -0.0136.